The minimum Gasteiger partial charge on any atom is -0.353 e. The Morgan fingerprint density at radius 3 is 2.31 bits per heavy atom. The molecule has 2 rings (SSSR count). The van der Waals surface area contributed by atoms with E-state index < -0.39 is 5.69 Å². The summed E-state index contributed by atoms with van der Waals surface area (Å²) in [6, 6.07) is 0. The molecule has 0 saturated carbocycles. The lowest BCUT2D eigenvalue weighted by molar-refractivity contribution is 1.07. The van der Waals surface area contributed by atoms with Crippen molar-refractivity contribution in [2.45, 2.75) is 13.8 Å². The van der Waals surface area contributed by atoms with Gasteiger partial charge in [0.15, 0.2) is 0 Å². The highest BCUT2D eigenvalue weighted by Gasteiger charge is 2.07. The Bertz CT molecular complexity index is 573. The van der Waals surface area contributed by atoms with Crippen LogP contribution in [0, 0.1) is 13.8 Å². The van der Waals surface area contributed by atoms with Crippen LogP contribution in [0.4, 0.5) is 0 Å². The van der Waals surface area contributed by atoms with Crippen molar-refractivity contribution < 1.29 is 0 Å². The molecule has 0 atom stereocenters. The number of nitrogens with one attached hydrogen (secondary N) is 3. The first-order valence-electron chi connectivity index (χ1n) is 3.91. The number of aryl methyl sites for hydroxylation is 2. The van der Waals surface area contributed by atoms with Crippen LogP contribution in [0.25, 0.3) is 11.0 Å². The molecule has 0 fully saturated rings. The van der Waals surface area contributed by atoms with Crippen molar-refractivity contribution in [3.05, 3.63) is 32.1 Å². The molecular formula is C8H9N3O2. The average Bonchev–Trinajstić information content (AvgIpc) is 2.32. The standard InChI is InChI=1S/C8H9N3O2/c1-3-4(2)9-6-5(3)10-8(13)11-7(6)12/h9H,1-2H3,(H2,10,11,12,13). The molecule has 5 nitrogen and oxygen atoms in total. The van der Waals surface area contributed by atoms with Gasteiger partial charge in [-0.1, -0.05) is 0 Å². The monoisotopic (exact) mass is 179 g/mol. The molecule has 0 bridgehead atoms. The summed E-state index contributed by atoms with van der Waals surface area (Å²) < 4.78 is 0. The number of H-pyrrole nitrogens is 3. The Labute approximate surface area is 72.8 Å². The lowest BCUT2D eigenvalue weighted by Crippen LogP contribution is -2.21. The minimum absolute atomic E-state index is 0.380. The quantitative estimate of drug-likeness (QED) is 0.538. The van der Waals surface area contributed by atoms with Gasteiger partial charge in [-0.25, -0.2) is 4.79 Å². The van der Waals surface area contributed by atoms with Gasteiger partial charge in [0.2, 0.25) is 0 Å². The van der Waals surface area contributed by atoms with Gasteiger partial charge in [0.05, 0.1) is 5.52 Å². The van der Waals surface area contributed by atoms with E-state index in [2.05, 4.69) is 15.0 Å². The molecule has 0 radical (unpaired) electrons. The summed E-state index contributed by atoms with van der Waals surface area (Å²) in [4.78, 5) is 29.8. The fourth-order valence-corrected chi connectivity index (χ4v) is 1.36. The zero-order chi connectivity index (χ0) is 9.59. The first-order chi connectivity index (χ1) is 6.09. The summed E-state index contributed by atoms with van der Waals surface area (Å²) in [5.41, 5.74) is 1.95. The summed E-state index contributed by atoms with van der Waals surface area (Å²) in [5.74, 6) is 0. The Balaban J connectivity index is 3.12. The number of hydrogen-bond acceptors (Lipinski definition) is 2. The van der Waals surface area contributed by atoms with Crippen LogP contribution in [-0.4, -0.2) is 15.0 Å². The highest BCUT2D eigenvalue weighted by Crippen LogP contribution is 2.13. The van der Waals surface area contributed by atoms with Gasteiger partial charge in [-0.15, -0.1) is 0 Å². The zero-order valence-electron chi connectivity index (χ0n) is 7.32. The molecule has 2 heterocycles. The number of aromatic nitrogens is 3. The van der Waals surface area contributed by atoms with E-state index in [1.165, 1.54) is 0 Å². The van der Waals surface area contributed by atoms with Crippen molar-refractivity contribution in [1.82, 2.24) is 15.0 Å². The van der Waals surface area contributed by atoms with E-state index in [-0.39, 0.29) is 5.56 Å². The molecule has 0 spiro atoms. The van der Waals surface area contributed by atoms with E-state index in [9.17, 15) is 9.59 Å². The highest BCUT2D eigenvalue weighted by molar-refractivity contribution is 5.78. The third-order valence-electron chi connectivity index (χ3n) is 2.19. The number of hydrogen-bond donors (Lipinski definition) is 3. The van der Waals surface area contributed by atoms with Gasteiger partial charge in [-0.3, -0.25) is 9.78 Å². The van der Waals surface area contributed by atoms with Crippen LogP contribution < -0.4 is 11.2 Å². The maximum absolute atomic E-state index is 11.3. The molecule has 13 heavy (non-hydrogen) atoms. The number of rotatable bonds is 0. The Hall–Kier alpha value is -1.78. The van der Waals surface area contributed by atoms with Crippen molar-refractivity contribution in [3.8, 4) is 0 Å². The van der Waals surface area contributed by atoms with Crippen molar-refractivity contribution in [3.63, 3.8) is 0 Å². The normalized spacial score (nSPS) is 10.9. The van der Waals surface area contributed by atoms with Crippen molar-refractivity contribution in [1.29, 1.82) is 0 Å². The lowest BCUT2D eigenvalue weighted by Gasteiger charge is -1.88. The summed E-state index contributed by atoms with van der Waals surface area (Å²) in [6.45, 7) is 3.70. The van der Waals surface area contributed by atoms with Gasteiger partial charge in [0, 0.05) is 5.69 Å². The molecule has 2 aromatic rings. The Kier molecular flexibility index (Phi) is 1.42. The molecule has 68 valence electrons. The van der Waals surface area contributed by atoms with Gasteiger partial charge >= 0.3 is 5.69 Å². The first-order valence-corrected chi connectivity index (χ1v) is 3.91. The fraction of sp³-hybridized carbons (Fsp3) is 0.250. The van der Waals surface area contributed by atoms with Crippen LogP contribution in [-0.2, 0) is 0 Å². The van der Waals surface area contributed by atoms with E-state index in [0.717, 1.165) is 11.3 Å². The van der Waals surface area contributed by atoms with Crippen LogP contribution in [0.2, 0.25) is 0 Å². The highest BCUT2D eigenvalue weighted by atomic mass is 16.2. The molecule has 5 heteroatoms. The second-order valence-corrected chi connectivity index (χ2v) is 3.03. The summed E-state index contributed by atoms with van der Waals surface area (Å²) in [5, 5.41) is 0. The van der Waals surface area contributed by atoms with Crippen molar-refractivity contribution in [2.75, 3.05) is 0 Å². The maximum atomic E-state index is 11.3. The minimum atomic E-state index is -0.473. The molecule has 2 aromatic heterocycles. The second kappa shape index (κ2) is 2.35. The third kappa shape index (κ3) is 1.00. The largest absolute Gasteiger partial charge is 0.353 e. The van der Waals surface area contributed by atoms with E-state index in [0.29, 0.717) is 11.0 Å². The number of aromatic amines is 3. The van der Waals surface area contributed by atoms with Gasteiger partial charge < -0.3 is 9.97 Å². The molecule has 0 aromatic carbocycles. The summed E-state index contributed by atoms with van der Waals surface area (Å²) >= 11 is 0. The van der Waals surface area contributed by atoms with Crippen LogP contribution >= 0.6 is 0 Å². The van der Waals surface area contributed by atoms with Crippen molar-refractivity contribution >= 4 is 11.0 Å². The van der Waals surface area contributed by atoms with E-state index in [1.807, 2.05) is 13.8 Å². The van der Waals surface area contributed by atoms with Crippen molar-refractivity contribution in [2.24, 2.45) is 0 Å². The predicted octanol–water partition coefficient (Wildman–Crippen LogP) is 0.161. The summed E-state index contributed by atoms with van der Waals surface area (Å²) in [7, 11) is 0. The molecule has 0 amide bonds. The topological polar surface area (TPSA) is 81.5 Å². The Morgan fingerprint density at radius 2 is 1.62 bits per heavy atom. The molecule has 3 N–H and O–H groups in total. The van der Waals surface area contributed by atoms with E-state index >= 15 is 0 Å². The van der Waals surface area contributed by atoms with Gasteiger partial charge in [0.25, 0.3) is 5.56 Å². The van der Waals surface area contributed by atoms with Gasteiger partial charge in [0.1, 0.15) is 5.52 Å². The zero-order valence-corrected chi connectivity index (χ0v) is 7.32. The smallest absolute Gasteiger partial charge is 0.326 e. The molecule has 0 aliphatic heterocycles. The third-order valence-corrected chi connectivity index (χ3v) is 2.19. The average molecular weight is 179 g/mol. The van der Waals surface area contributed by atoms with E-state index in [4.69, 9.17) is 0 Å². The number of fused-ring (bicyclic) bond motifs is 1. The lowest BCUT2D eigenvalue weighted by atomic mass is 10.2. The second-order valence-electron chi connectivity index (χ2n) is 3.03. The Morgan fingerprint density at radius 1 is 0.923 bits per heavy atom. The van der Waals surface area contributed by atoms with E-state index in [1.54, 1.807) is 0 Å². The predicted molar refractivity (Wildman–Crippen MR) is 49.0 cm³/mol. The molecule has 0 aliphatic rings. The molecule has 0 aliphatic carbocycles. The van der Waals surface area contributed by atoms with Crippen LogP contribution in [0.1, 0.15) is 11.3 Å². The fourth-order valence-electron chi connectivity index (χ4n) is 1.36. The van der Waals surface area contributed by atoms with Crippen LogP contribution in [0.15, 0.2) is 9.59 Å². The SMILES string of the molecule is Cc1[nH]c2c(=O)[nH]c(=O)[nH]c2c1C. The van der Waals surface area contributed by atoms with Crippen LogP contribution in [0.5, 0.6) is 0 Å². The van der Waals surface area contributed by atoms with Gasteiger partial charge in [-0.2, -0.15) is 0 Å². The molecule has 0 saturated heterocycles. The van der Waals surface area contributed by atoms with Crippen LogP contribution in [0.3, 0.4) is 0 Å². The molecular weight excluding hydrogens is 170 g/mol. The maximum Gasteiger partial charge on any atom is 0.326 e. The summed E-state index contributed by atoms with van der Waals surface area (Å²) in [6.07, 6.45) is 0. The van der Waals surface area contributed by atoms with Gasteiger partial charge in [-0.05, 0) is 19.4 Å². The first kappa shape index (κ1) is 7.85. The molecule has 0 unspecified atom stereocenters.